The molecule has 0 spiro atoms. The number of anilines is 1. The summed E-state index contributed by atoms with van der Waals surface area (Å²) in [6, 6.07) is 7.18. The first-order valence-corrected chi connectivity index (χ1v) is 8.14. The Kier molecular flexibility index (Phi) is 4.59. The number of nitrogens with zero attached hydrogens (tertiary/aromatic N) is 1. The Bertz CT molecular complexity index is 728. The van der Waals surface area contributed by atoms with Crippen molar-refractivity contribution in [3.63, 3.8) is 0 Å². The van der Waals surface area contributed by atoms with E-state index >= 15 is 0 Å². The topological polar surface area (TPSA) is 85.1 Å². The second-order valence-corrected chi connectivity index (χ2v) is 6.64. The fraction of sp³-hybridized carbons (Fsp3) is 0.267. The molecule has 0 amide bonds. The molecule has 1 heterocycles. The lowest BCUT2D eigenvalue weighted by atomic mass is 10.1. The van der Waals surface area contributed by atoms with E-state index in [2.05, 4.69) is 9.71 Å². The molecule has 0 bridgehead atoms. The zero-order valence-corrected chi connectivity index (χ0v) is 12.9. The normalized spacial score (nSPS) is 11.5. The molecular weight excluding hydrogens is 286 g/mol. The second kappa shape index (κ2) is 6.24. The van der Waals surface area contributed by atoms with Crippen molar-refractivity contribution in [3.05, 3.63) is 53.3 Å². The third-order valence-electron chi connectivity index (χ3n) is 3.40. The van der Waals surface area contributed by atoms with Crippen LogP contribution in [0.1, 0.15) is 16.7 Å². The molecule has 1 aromatic heterocycles. The minimum atomic E-state index is -3.61. The number of benzene rings is 1. The summed E-state index contributed by atoms with van der Waals surface area (Å²) in [6.45, 7) is 3.94. The fourth-order valence-corrected chi connectivity index (χ4v) is 3.57. The van der Waals surface area contributed by atoms with Gasteiger partial charge in [-0.2, -0.15) is 0 Å². The molecule has 2 aromatic rings. The summed E-state index contributed by atoms with van der Waals surface area (Å²) in [5.74, 6) is 0. The molecule has 6 heteroatoms. The van der Waals surface area contributed by atoms with E-state index in [1.54, 1.807) is 25.4 Å². The van der Waals surface area contributed by atoms with Crippen LogP contribution in [0.25, 0.3) is 0 Å². The van der Waals surface area contributed by atoms with Crippen molar-refractivity contribution >= 4 is 15.7 Å². The van der Waals surface area contributed by atoms with Crippen LogP contribution in [-0.2, 0) is 16.4 Å². The number of aromatic nitrogens is 1. The van der Waals surface area contributed by atoms with Gasteiger partial charge >= 0.3 is 0 Å². The van der Waals surface area contributed by atoms with E-state index in [1.807, 2.05) is 25.1 Å². The van der Waals surface area contributed by atoms with Gasteiger partial charge in [0, 0.05) is 18.9 Å². The Labute approximate surface area is 125 Å². The summed E-state index contributed by atoms with van der Waals surface area (Å²) >= 11 is 0. The van der Waals surface area contributed by atoms with Gasteiger partial charge in [-0.25, -0.2) is 13.1 Å². The maximum absolute atomic E-state index is 12.4. The maximum atomic E-state index is 12.4. The number of sulfonamides is 1. The van der Waals surface area contributed by atoms with Gasteiger partial charge in [-0.15, -0.1) is 0 Å². The molecule has 0 aliphatic carbocycles. The smallest absolute Gasteiger partial charge is 0.242 e. The highest BCUT2D eigenvalue weighted by molar-refractivity contribution is 7.89. The Morgan fingerprint density at radius 1 is 1.24 bits per heavy atom. The van der Waals surface area contributed by atoms with E-state index in [4.69, 9.17) is 5.73 Å². The molecule has 2 rings (SSSR count). The molecule has 0 aliphatic heterocycles. The first kappa shape index (κ1) is 15.5. The number of hydrogen-bond acceptors (Lipinski definition) is 4. The zero-order chi connectivity index (χ0) is 15.5. The average molecular weight is 305 g/mol. The summed E-state index contributed by atoms with van der Waals surface area (Å²) < 4.78 is 27.4. The monoisotopic (exact) mass is 305 g/mol. The molecule has 112 valence electrons. The molecular formula is C15H19N3O2S. The number of aryl methyl sites for hydroxylation is 1. The van der Waals surface area contributed by atoms with Gasteiger partial charge in [-0.3, -0.25) is 4.98 Å². The van der Waals surface area contributed by atoms with E-state index in [1.165, 1.54) is 0 Å². The van der Waals surface area contributed by atoms with Crippen LogP contribution < -0.4 is 10.5 Å². The van der Waals surface area contributed by atoms with Gasteiger partial charge < -0.3 is 5.73 Å². The molecule has 1 aromatic carbocycles. The Balaban J connectivity index is 2.14. The SMILES string of the molecule is Cc1ccc(N)c(S(=O)(=O)NCCc2cccnc2)c1C. The third kappa shape index (κ3) is 3.59. The van der Waals surface area contributed by atoms with Crippen molar-refractivity contribution in [1.29, 1.82) is 0 Å². The van der Waals surface area contributed by atoms with Crippen LogP contribution in [0.4, 0.5) is 5.69 Å². The third-order valence-corrected chi connectivity index (χ3v) is 5.07. The van der Waals surface area contributed by atoms with Crippen LogP contribution in [0.5, 0.6) is 0 Å². The molecule has 21 heavy (non-hydrogen) atoms. The Hall–Kier alpha value is -1.92. The van der Waals surface area contributed by atoms with Crippen LogP contribution in [0, 0.1) is 13.8 Å². The highest BCUT2D eigenvalue weighted by Crippen LogP contribution is 2.24. The van der Waals surface area contributed by atoms with E-state index in [0.29, 0.717) is 18.5 Å². The van der Waals surface area contributed by atoms with Crippen LogP contribution in [0.2, 0.25) is 0 Å². The quantitative estimate of drug-likeness (QED) is 0.825. The van der Waals surface area contributed by atoms with Crippen molar-refractivity contribution in [3.8, 4) is 0 Å². The molecule has 5 nitrogen and oxygen atoms in total. The van der Waals surface area contributed by atoms with Crippen LogP contribution in [0.15, 0.2) is 41.6 Å². The van der Waals surface area contributed by atoms with Gasteiger partial charge in [-0.05, 0) is 49.1 Å². The number of pyridine rings is 1. The highest BCUT2D eigenvalue weighted by Gasteiger charge is 2.20. The number of nitrogens with two attached hydrogens (primary N) is 1. The van der Waals surface area contributed by atoms with E-state index < -0.39 is 10.0 Å². The predicted octanol–water partition coefficient (Wildman–Crippen LogP) is 1.80. The predicted molar refractivity (Wildman–Crippen MR) is 83.5 cm³/mol. The number of rotatable bonds is 5. The van der Waals surface area contributed by atoms with Gasteiger partial charge in [0.15, 0.2) is 0 Å². The van der Waals surface area contributed by atoms with Gasteiger partial charge in [0.05, 0.1) is 5.69 Å². The van der Waals surface area contributed by atoms with Crippen molar-refractivity contribution in [2.75, 3.05) is 12.3 Å². The Morgan fingerprint density at radius 2 is 2.00 bits per heavy atom. The summed E-state index contributed by atoms with van der Waals surface area (Å²) in [6.07, 6.45) is 3.99. The Morgan fingerprint density at radius 3 is 2.67 bits per heavy atom. The highest BCUT2D eigenvalue weighted by atomic mass is 32.2. The largest absolute Gasteiger partial charge is 0.398 e. The van der Waals surface area contributed by atoms with Gasteiger partial charge in [0.2, 0.25) is 10.0 Å². The number of nitrogen functional groups attached to an aromatic ring is 1. The molecule has 0 fully saturated rings. The minimum absolute atomic E-state index is 0.175. The van der Waals surface area contributed by atoms with Crippen molar-refractivity contribution < 1.29 is 8.42 Å². The summed E-state index contributed by atoms with van der Waals surface area (Å²) in [5.41, 5.74) is 8.67. The van der Waals surface area contributed by atoms with Gasteiger partial charge in [0.1, 0.15) is 4.90 Å². The van der Waals surface area contributed by atoms with Crippen LogP contribution in [0.3, 0.4) is 0 Å². The molecule has 3 N–H and O–H groups in total. The molecule has 0 atom stereocenters. The average Bonchev–Trinajstić information content (AvgIpc) is 2.44. The first-order valence-electron chi connectivity index (χ1n) is 6.66. The lowest BCUT2D eigenvalue weighted by Gasteiger charge is -2.13. The van der Waals surface area contributed by atoms with Gasteiger partial charge in [-0.1, -0.05) is 12.1 Å². The van der Waals surface area contributed by atoms with E-state index in [-0.39, 0.29) is 10.6 Å². The first-order chi connectivity index (χ1) is 9.92. The fourth-order valence-electron chi connectivity index (χ4n) is 2.12. The zero-order valence-electron chi connectivity index (χ0n) is 12.1. The second-order valence-electron chi connectivity index (χ2n) is 4.93. The lowest BCUT2D eigenvalue weighted by Crippen LogP contribution is -2.27. The molecule has 0 saturated heterocycles. The number of hydrogen-bond donors (Lipinski definition) is 2. The lowest BCUT2D eigenvalue weighted by molar-refractivity contribution is 0.581. The summed E-state index contributed by atoms with van der Waals surface area (Å²) in [7, 11) is -3.61. The van der Waals surface area contributed by atoms with Crippen LogP contribution >= 0.6 is 0 Å². The van der Waals surface area contributed by atoms with Crippen molar-refractivity contribution in [2.45, 2.75) is 25.2 Å². The molecule has 0 radical (unpaired) electrons. The van der Waals surface area contributed by atoms with Crippen LogP contribution in [-0.4, -0.2) is 19.9 Å². The number of nitrogens with one attached hydrogen (secondary N) is 1. The minimum Gasteiger partial charge on any atom is -0.398 e. The van der Waals surface area contributed by atoms with E-state index in [9.17, 15) is 8.42 Å². The maximum Gasteiger partial charge on any atom is 0.242 e. The van der Waals surface area contributed by atoms with E-state index in [0.717, 1.165) is 11.1 Å². The summed E-state index contributed by atoms with van der Waals surface area (Å²) in [5, 5.41) is 0. The standard InChI is InChI=1S/C15H19N3O2S/c1-11-5-6-14(16)15(12(11)2)21(19,20)18-9-7-13-4-3-8-17-10-13/h3-6,8,10,18H,7,9,16H2,1-2H3. The van der Waals surface area contributed by atoms with Crippen molar-refractivity contribution in [2.24, 2.45) is 0 Å². The summed E-state index contributed by atoms with van der Waals surface area (Å²) in [4.78, 5) is 4.18. The molecule has 0 saturated carbocycles. The van der Waals surface area contributed by atoms with Gasteiger partial charge in [0.25, 0.3) is 0 Å². The van der Waals surface area contributed by atoms with Crippen molar-refractivity contribution in [1.82, 2.24) is 9.71 Å². The molecule has 0 unspecified atom stereocenters. The molecule has 0 aliphatic rings.